The zero-order chi connectivity index (χ0) is 9.40. The predicted molar refractivity (Wildman–Crippen MR) is 43.7 cm³/mol. The highest BCUT2D eigenvalue weighted by Gasteiger charge is 2.02. The van der Waals surface area contributed by atoms with Gasteiger partial charge in [-0.2, -0.15) is 5.26 Å². The van der Waals surface area contributed by atoms with Gasteiger partial charge in [-0.15, -0.1) is 0 Å². The van der Waals surface area contributed by atoms with Crippen molar-refractivity contribution >= 4 is 0 Å². The van der Waals surface area contributed by atoms with Crippen LogP contribution in [0.15, 0.2) is 11.9 Å². The van der Waals surface area contributed by atoms with E-state index in [0.717, 1.165) is 0 Å². The van der Waals surface area contributed by atoms with E-state index in [1.807, 2.05) is 0 Å². The molecule has 0 atom stereocenters. The summed E-state index contributed by atoms with van der Waals surface area (Å²) in [6.45, 7) is 0.414. The Bertz CT molecular complexity index is 182. The molecule has 0 spiro atoms. The molecule has 12 heavy (non-hydrogen) atoms. The fourth-order valence-corrected chi connectivity index (χ4v) is 0.585. The molecule has 0 saturated carbocycles. The van der Waals surface area contributed by atoms with Gasteiger partial charge in [-0.1, -0.05) is 0 Å². The number of rotatable bonds is 5. The summed E-state index contributed by atoms with van der Waals surface area (Å²) in [4.78, 5) is 0. The SMILES string of the molecule is COC(CNC(N)=CC#N)OC. The zero-order valence-electron chi connectivity index (χ0n) is 7.20. The van der Waals surface area contributed by atoms with Gasteiger partial charge < -0.3 is 20.5 Å². The number of nitrogens with zero attached hydrogens (tertiary/aromatic N) is 1. The van der Waals surface area contributed by atoms with Crippen LogP contribution in [0.25, 0.3) is 0 Å². The standard InChI is InChI=1S/C7H13N3O2/c1-11-7(12-2)5-10-6(9)3-4-8/h3,7,10H,5,9H2,1-2H3. The van der Waals surface area contributed by atoms with Gasteiger partial charge in [0, 0.05) is 14.2 Å². The zero-order valence-corrected chi connectivity index (χ0v) is 7.20. The van der Waals surface area contributed by atoms with Gasteiger partial charge in [-0.3, -0.25) is 0 Å². The molecular weight excluding hydrogens is 158 g/mol. The number of hydrogen-bond acceptors (Lipinski definition) is 5. The van der Waals surface area contributed by atoms with E-state index < -0.39 is 0 Å². The Kier molecular flexibility index (Phi) is 5.79. The molecule has 0 aliphatic carbocycles. The molecule has 0 aromatic heterocycles. The maximum atomic E-state index is 8.21. The van der Waals surface area contributed by atoms with Crippen LogP contribution in [0.2, 0.25) is 0 Å². The van der Waals surface area contributed by atoms with E-state index in [1.165, 1.54) is 20.3 Å². The summed E-state index contributed by atoms with van der Waals surface area (Å²) in [6.07, 6.45) is 0.859. The van der Waals surface area contributed by atoms with Crippen molar-refractivity contribution in [2.75, 3.05) is 20.8 Å². The van der Waals surface area contributed by atoms with Crippen molar-refractivity contribution in [1.82, 2.24) is 5.32 Å². The number of hydrogen-bond donors (Lipinski definition) is 2. The summed E-state index contributed by atoms with van der Waals surface area (Å²) >= 11 is 0. The van der Waals surface area contributed by atoms with Crippen LogP contribution >= 0.6 is 0 Å². The summed E-state index contributed by atoms with van der Waals surface area (Å²) in [5.74, 6) is 0.302. The molecule has 0 aromatic carbocycles. The van der Waals surface area contributed by atoms with Crippen LogP contribution in [0.4, 0.5) is 0 Å². The van der Waals surface area contributed by atoms with Crippen LogP contribution < -0.4 is 11.1 Å². The molecule has 0 aliphatic heterocycles. The van der Waals surface area contributed by atoms with Crippen molar-refractivity contribution in [2.45, 2.75) is 6.29 Å². The molecule has 0 saturated heterocycles. The van der Waals surface area contributed by atoms with Gasteiger partial charge in [0.05, 0.1) is 18.7 Å². The normalized spacial score (nSPS) is 11.3. The molecular formula is C7H13N3O2. The first-order valence-electron chi connectivity index (χ1n) is 3.39. The van der Waals surface area contributed by atoms with E-state index in [4.69, 9.17) is 20.5 Å². The lowest BCUT2D eigenvalue weighted by atomic mass is 10.5. The average Bonchev–Trinajstić information content (AvgIpc) is 2.07. The van der Waals surface area contributed by atoms with Gasteiger partial charge in [0.15, 0.2) is 6.29 Å². The van der Waals surface area contributed by atoms with Gasteiger partial charge in [0.25, 0.3) is 0 Å². The second-order valence-electron chi connectivity index (χ2n) is 2.01. The summed E-state index contributed by atoms with van der Waals surface area (Å²) in [6, 6.07) is 1.80. The lowest BCUT2D eigenvalue weighted by Gasteiger charge is -2.14. The van der Waals surface area contributed by atoms with E-state index in [-0.39, 0.29) is 6.29 Å². The third-order valence-corrected chi connectivity index (χ3v) is 1.22. The molecule has 0 amide bonds. The molecule has 5 nitrogen and oxygen atoms in total. The Morgan fingerprint density at radius 2 is 2.25 bits per heavy atom. The molecule has 0 aliphatic rings. The third kappa shape index (κ3) is 4.55. The molecule has 5 heteroatoms. The first kappa shape index (κ1) is 10.8. The lowest BCUT2D eigenvalue weighted by Crippen LogP contribution is -2.31. The van der Waals surface area contributed by atoms with Crippen molar-refractivity contribution in [3.05, 3.63) is 11.9 Å². The number of ether oxygens (including phenoxy) is 2. The quantitative estimate of drug-likeness (QED) is 0.431. The number of nitrogens with one attached hydrogen (secondary N) is 1. The van der Waals surface area contributed by atoms with Gasteiger partial charge in [-0.05, 0) is 0 Å². The Balaban J connectivity index is 3.67. The molecule has 0 aromatic rings. The van der Waals surface area contributed by atoms with E-state index in [0.29, 0.717) is 12.4 Å². The monoisotopic (exact) mass is 171 g/mol. The third-order valence-electron chi connectivity index (χ3n) is 1.22. The number of allylic oxidation sites excluding steroid dienone is 1. The summed E-state index contributed by atoms with van der Waals surface area (Å²) in [7, 11) is 3.06. The van der Waals surface area contributed by atoms with Crippen LogP contribution in [-0.2, 0) is 9.47 Å². The van der Waals surface area contributed by atoms with E-state index >= 15 is 0 Å². The fourth-order valence-electron chi connectivity index (χ4n) is 0.585. The van der Waals surface area contributed by atoms with Gasteiger partial charge in [0.2, 0.25) is 0 Å². The van der Waals surface area contributed by atoms with Gasteiger partial charge >= 0.3 is 0 Å². The van der Waals surface area contributed by atoms with Crippen molar-refractivity contribution in [3.63, 3.8) is 0 Å². The second-order valence-corrected chi connectivity index (χ2v) is 2.01. The fraction of sp³-hybridized carbons (Fsp3) is 0.571. The first-order valence-corrected chi connectivity index (χ1v) is 3.39. The second kappa shape index (κ2) is 6.46. The van der Waals surface area contributed by atoms with Crippen LogP contribution in [0.1, 0.15) is 0 Å². The van der Waals surface area contributed by atoms with Crippen molar-refractivity contribution in [1.29, 1.82) is 5.26 Å². The highest BCUT2D eigenvalue weighted by Crippen LogP contribution is 1.88. The Hall–Kier alpha value is -1.25. The minimum atomic E-state index is -0.351. The largest absolute Gasteiger partial charge is 0.385 e. The summed E-state index contributed by atoms with van der Waals surface area (Å²) in [5, 5.41) is 11.0. The van der Waals surface area contributed by atoms with E-state index in [2.05, 4.69) is 5.32 Å². The molecule has 0 bridgehead atoms. The Morgan fingerprint density at radius 1 is 1.67 bits per heavy atom. The molecule has 0 unspecified atom stereocenters. The predicted octanol–water partition coefficient (Wildman–Crippen LogP) is -0.481. The highest BCUT2D eigenvalue weighted by molar-refractivity contribution is 5.08. The number of nitrogens with two attached hydrogens (primary N) is 1. The number of nitriles is 1. The minimum absolute atomic E-state index is 0.302. The number of methoxy groups -OCH3 is 2. The van der Waals surface area contributed by atoms with Crippen LogP contribution in [-0.4, -0.2) is 27.1 Å². The first-order chi connectivity index (χ1) is 5.74. The summed E-state index contributed by atoms with van der Waals surface area (Å²) in [5.41, 5.74) is 5.36. The molecule has 0 radical (unpaired) electrons. The molecule has 0 heterocycles. The van der Waals surface area contributed by atoms with Crippen molar-refractivity contribution < 1.29 is 9.47 Å². The van der Waals surface area contributed by atoms with Gasteiger partial charge in [0.1, 0.15) is 5.82 Å². The maximum Gasteiger partial charge on any atom is 0.173 e. The van der Waals surface area contributed by atoms with Crippen LogP contribution in [0.3, 0.4) is 0 Å². The van der Waals surface area contributed by atoms with Crippen molar-refractivity contribution in [3.8, 4) is 6.07 Å². The topological polar surface area (TPSA) is 80.3 Å². The average molecular weight is 171 g/mol. The van der Waals surface area contributed by atoms with Crippen molar-refractivity contribution in [2.24, 2.45) is 5.73 Å². The highest BCUT2D eigenvalue weighted by atomic mass is 16.7. The lowest BCUT2D eigenvalue weighted by molar-refractivity contribution is -0.0976. The van der Waals surface area contributed by atoms with Gasteiger partial charge in [-0.25, -0.2) is 0 Å². The molecule has 0 fully saturated rings. The Morgan fingerprint density at radius 3 is 2.67 bits per heavy atom. The molecule has 0 rings (SSSR count). The summed E-state index contributed by atoms with van der Waals surface area (Å²) < 4.78 is 9.76. The Labute approximate surface area is 71.7 Å². The maximum absolute atomic E-state index is 8.21. The van der Waals surface area contributed by atoms with E-state index in [9.17, 15) is 0 Å². The van der Waals surface area contributed by atoms with Crippen LogP contribution in [0.5, 0.6) is 0 Å². The van der Waals surface area contributed by atoms with E-state index in [1.54, 1.807) is 6.07 Å². The van der Waals surface area contributed by atoms with Crippen LogP contribution in [0, 0.1) is 11.3 Å². The molecule has 68 valence electrons. The molecule has 3 N–H and O–H groups in total. The smallest absolute Gasteiger partial charge is 0.173 e. The minimum Gasteiger partial charge on any atom is -0.385 e.